The molecule has 0 amide bonds. The Morgan fingerprint density at radius 3 is 2.43 bits per heavy atom. The number of nitriles is 1. The summed E-state index contributed by atoms with van der Waals surface area (Å²) < 4.78 is 11.7. The highest BCUT2D eigenvalue weighted by atomic mass is 35.5. The van der Waals surface area contributed by atoms with Crippen LogP contribution in [0.1, 0.15) is 52.0 Å². The van der Waals surface area contributed by atoms with Gasteiger partial charge in [-0.1, -0.05) is 25.4 Å². The van der Waals surface area contributed by atoms with Crippen LogP contribution in [0.25, 0.3) is 0 Å². The zero-order valence-corrected chi connectivity index (χ0v) is 21.3. The van der Waals surface area contributed by atoms with Gasteiger partial charge in [0.25, 0.3) is 0 Å². The number of ketones is 1. The summed E-state index contributed by atoms with van der Waals surface area (Å²) in [6.07, 6.45) is 1.01. The Kier molecular flexibility index (Phi) is 6.82. The Morgan fingerprint density at radius 2 is 1.80 bits per heavy atom. The second-order valence-electron chi connectivity index (χ2n) is 9.52. The van der Waals surface area contributed by atoms with Crippen LogP contribution >= 0.6 is 11.6 Å². The van der Waals surface area contributed by atoms with E-state index in [1.807, 2.05) is 49.1 Å². The van der Waals surface area contributed by atoms with Crippen LogP contribution < -0.4 is 20.1 Å². The molecule has 1 atom stereocenters. The summed E-state index contributed by atoms with van der Waals surface area (Å²) in [5.41, 5.74) is 9.62. The summed E-state index contributed by atoms with van der Waals surface area (Å²) >= 11 is 6.13. The fraction of sp³-hybridized carbons (Fsp3) is 0.357. The van der Waals surface area contributed by atoms with Gasteiger partial charge >= 0.3 is 0 Å². The average molecular weight is 492 g/mol. The van der Waals surface area contributed by atoms with Crippen molar-refractivity contribution >= 4 is 23.1 Å². The Hall–Kier alpha value is -3.43. The van der Waals surface area contributed by atoms with Crippen LogP contribution in [-0.2, 0) is 4.79 Å². The van der Waals surface area contributed by atoms with Gasteiger partial charge in [0.05, 0.1) is 30.8 Å². The first-order valence-corrected chi connectivity index (χ1v) is 12.2. The predicted molar refractivity (Wildman–Crippen MR) is 137 cm³/mol. The van der Waals surface area contributed by atoms with Crippen LogP contribution in [-0.4, -0.2) is 19.0 Å². The number of Topliss-reactive ketones (excluding diaryl/α,β-unsaturated/α-hetero) is 1. The quantitative estimate of drug-likeness (QED) is 0.526. The number of nitrogens with two attached hydrogens (primary N) is 1. The number of carbonyl (C=O) groups excluding carboxylic acids is 1. The number of benzene rings is 2. The van der Waals surface area contributed by atoms with Gasteiger partial charge in [-0.05, 0) is 68.1 Å². The molecule has 2 aliphatic rings. The number of carbonyl (C=O) groups is 1. The first-order chi connectivity index (χ1) is 16.7. The van der Waals surface area contributed by atoms with E-state index in [0.717, 1.165) is 11.4 Å². The van der Waals surface area contributed by atoms with Gasteiger partial charge in [0.15, 0.2) is 5.78 Å². The normalized spacial score (nSPS) is 19.4. The molecular formula is C28H30ClN3O3. The first kappa shape index (κ1) is 24.7. The minimum absolute atomic E-state index is 0.00437. The molecule has 35 heavy (non-hydrogen) atoms. The SMILES string of the molecule is CCOc1ccc(OCC)c(C2C(C#N)=C(N)N(c3ccc(Cl)cc3)C3=C2C(=O)CC(C)(C)C3)c1. The van der Waals surface area contributed by atoms with Crippen molar-refractivity contribution in [3.63, 3.8) is 0 Å². The standard InChI is InChI=1S/C28H30ClN3O3/c1-5-34-19-11-12-24(35-6-2)20(13-19)25-21(16-30)27(31)32(18-9-7-17(29)8-10-18)22-14-28(3,4)15-23(33)26(22)25/h7-13,25H,5-6,14-15,31H2,1-4H3. The molecule has 4 rings (SSSR count). The molecule has 0 saturated heterocycles. The van der Waals surface area contributed by atoms with Crippen molar-refractivity contribution in [2.75, 3.05) is 18.1 Å². The van der Waals surface area contributed by atoms with Gasteiger partial charge in [0, 0.05) is 34.0 Å². The lowest BCUT2D eigenvalue weighted by molar-refractivity contribution is -0.118. The molecule has 1 unspecified atom stereocenters. The molecule has 2 aromatic carbocycles. The fourth-order valence-corrected chi connectivity index (χ4v) is 5.13. The van der Waals surface area contributed by atoms with E-state index in [4.69, 9.17) is 26.8 Å². The number of rotatable bonds is 6. The molecule has 1 heterocycles. The summed E-state index contributed by atoms with van der Waals surface area (Å²) in [7, 11) is 0. The molecule has 0 fully saturated rings. The lowest BCUT2D eigenvalue weighted by Gasteiger charge is -2.44. The van der Waals surface area contributed by atoms with Gasteiger partial charge in [0.2, 0.25) is 0 Å². The van der Waals surface area contributed by atoms with E-state index in [9.17, 15) is 10.1 Å². The third kappa shape index (κ3) is 4.61. The summed E-state index contributed by atoms with van der Waals surface area (Å²) in [6.45, 7) is 8.89. The topological polar surface area (TPSA) is 88.6 Å². The lowest BCUT2D eigenvalue weighted by Crippen LogP contribution is -2.42. The van der Waals surface area contributed by atoms with Crippen molar-refractivity contribution in [1.29, 1.82) is 5.26 Å². The number of allylic oxidation sites excluding steroid dienone is 3. The molecule has 0 aromatic heterocycles. The summed E-state index contributed by atoms with van der Waals surface area (Å²) in [5.74, 6) is 0.903. The number of ether oxygens (including phenoxy) is 2. The van der Waals surface area contributed by atoms with E-state index in [-0.39, 0.29) is 11.2 Å². The maximum absolute atomic E-state index is 13.8. The van der Waals surface area contributed by atoms with Gasteiger partial charge in [-0.3, -0.25) is 9.69 Å². The monoisotopic (exact) mass is 491 g/mol. The zero-order chi connectivity index (χ0) is 25.3. The van der Waals surface area contributed by atoms with E-state index in [1.165, 1.54) is 0 Å². The Bertz CT molecular complexity index is 1260. The van der Waals surface area contributed by atoms with E-state index in [2.05, 4.69) is 19.9 Å². The third-order valence-electron chi connectivity index (χ3n) is 6.37. The molecule has 7 heteroatoms. The minimum Gasteiger partial charge on any atom is -0.494 e. The van der Waals surface area contributed by atoms with E-state index < -0.39 is 5.92 Å². The van der Waals surface area contributed by atoms with Crippen molar-refractivity contribution in [3.05, 3.63) is 75.7 Å². The van der Waals surface area contributed by atoms with Gasteiger partial charge in [-0.15, -0.1) is 0 Å². The van der Waals surface area contributed by atoms with Gasteiger partial charge in [-0.2, -0.15) is 5.26 Å². The number of hydrogen-bond acceptors (Lipinski definition) is 6. The number of anilines is 1. The van der Waals surface area contributed by atoms with Crippen LogP contribution in [0.2, 0.25) is 5.02 Å². The molecule has 0 bridgehead atoms. The molecule has 2 N–H and O–H groups in total. The smallest absolute Gasteiger partial charge is 0.162 e. The highest BCUT2D eigenvalue weighted by Gasteiger charge is 2.45. The van der Waals surface area contributed by atoms with E-state index in [0.29, 0.717) is 65.1 Å². The van der Waals surface area contributed by atoms with Crippen molar-refractivity contribution in [3.8, 4) is 17.6 Å². The van der Waals surface area contributed by atoms with Gasteiger partial charge < -0.3 is 15.2 Å². The number of hydrogen-bond donors (Lipinski definition) is 1. The number of nitrogens with zero attached hydrogens (tertiary/aromatic N) is 2. The molecule has 2 aromatic rings. The summed E-state index contributed by atoms with van der Waals surface area (Å²) in [6, 6.07) is 15.1. The minimum atomic E-state index is -0.649. The average Bonchev–Trinajstić information content (AvgIpc) is 2.80. The van der Waals surface area contributed by atoms with Crippen molar-refractivity contribution < 1.29 is 14.3 Å². The molecule has 0 saturated carbocycles. The summed E-state index contributed by atoms with van der Waals surface area (Å²) in [5, 5.41) is 10.9. The van der Waals surface area contributed by atoms with Crippen molar-refractivity contribution in [1.82, 2.24) is 0 Å². The fourth-order valence-electron chi connectivity index (χ4n) is 5.00. The highest BCUT2D eigenvalue weighted by molar-refractivity contribution is 6.30. The zero-order valence-electron chi connectivity index (χ0n) is 20.5. The second-order valence-corrected chi connectivity index (χ2v) is 9.96. The van der Waals surface area contributed by atoms with Crippen molar-refractivity contribution in [2.24, 2.45) is 11.1 Å². The van der Waals surface area contributed by atoms with Crippen molar-refractivity contribution in [2.45, 2.75) is 46.5 Å². The third-order valence-corrected chi connectivity index (χ3v) is 6.62. The van der Waals surface area contributed by atoms with E-state index in [1.54, 1.807) is 12.1 Å². The van der Waals surface area contributed by atoms with Crippen LogP contribution in [0, 0.1) is 16.7 Å². The second kappa shape index (κ2) is 9.67. The van der Waals surface area contributed by atoms with Crippen LogP contribution in [0.3, 0.4) is 0 Å². The highest BCUT2D eigenvalue weighted by Crippen LogP contribution is 2.52. The van der Waals surface area contributed by atoms with Crippen LogP contribution in [0.5, 0.6) is 11.5 Å². The van der Waals surface area contributed by atoms with Gasteiger partial charge in [-0.25, -0.2) is 0 Å². The predicted octanol–water partition coefficient (Wildman–Crippen LogP) is 6.08. The maximum Gasteiger partial charge on any atom is 0.162 e. The molecule has 0 radical (unpaired) electrons. The van der Waals surface area contributed by atoms with Gasteiger partial charge in [0.1, 0.15) is 17.3 Å². The Labute approximate surface area is 211 Å². The Balaban J connectivity index is 2.01. The molecule has 1 aliphatic carbocycles. The first-order valence-electron chi connectivity index (χ1n) is 11.8. The van der Waals surface area contributed by atoms with E-state index >= 15 is 0 Å². The molecule has 1 aliphatic heterocycles. The molecular weight excluding hydrogens is 462 g/mol. The Morgan fingerprint density at radius 1 is 1.11 bits per heavy atom. The lowest BCUT2D eigenvalue weighted by atomic mass is 9.68. The summed E-state index contributed by atoms with van der Waals surface area (Å²) in [4.78, 5) is 15.6. The number of halogens is 1. The largest absolute Gasteiger partial charge is 0.494 e. The molecule has 6 nitrogen and oxygen atoms in total. The van der Waals surface area contributed by atoms with Crippen LogP contribution in [0.4, 0.5) is 5.69 Å². The molecule has 0 spiro atoms. The van der Waals surface area contributed by atoms with Crippen LogP contribution in [0.15, 0.2) is 65.1 Å². The maximum atomic E-state index is 13.8. The molecule has 182 valence electrons.